The van der Waals surface area contributed by atoms with Gasteiger partial charge in [0.2, 0.25) is 0 Å². The zero-order chi connectivity index (χ0) is 20.4. The summed E-state index contributed by atoms with van der Waals surface area (Å²) in [6, 6.07) is 5.55. The van der Waals surface area contributed by atoms with Crippen LogP contribution in [0.5, 0.6) is 0 Å². The van der Waals surface area contributed by atoms with Gasteiger partial charge < -0.3 is 19.9 Å². The number of aliphatic hydroxyl groups excluding tert-OH is 1. The number of non-ortho nitro benzene ring substituents is 1. The second kappa shape index (κ2) is 7.71. The van der Waals surface area contributed by atoms with E-state index in [1.54, 1.807) is 13.0 Å². The summed E-state index contributed by atoms with van der Waals surface area (Å²) in [6.45, 7) is 1.82. The van der Waals surface area contributed by atoms with Gasteiger partial charge in [-0.15, -0.1) is 0 Å². The largest absolute Gasteiger partial charge is 0.494 e. The molecular formula is C19H20N2O7. The summed E-state index contributed by atoms with van der Waals surface area (Å²) >= 11 is 0. The molecule has 0 radical (unpaired) electrons. The zero-order valence-electron chi connectivity index (χ0n) is 15.4. The number of aliphatic hydroxyl groups is 1. The molecule has 9 nitrogen and oxygen atoms in total. The molecule has 0 spiro atoms. The van der Waals surface area contributed by atoms with Gasteiger partial charge in [0.15, 0.2) is 5.88 Å². The first-order valence-electron chi connectivity index (χ1n) is 8.74. The molecule has 28 heavy (non-hydrogen) atoms. The number of benzene rings is 1. The number of methoxy groups -OCH3 is 1. The Balaban J connectivity index is 2.08. The van der Waals surface area contributed by atoms with E-state index in [1.165, 1.54) is 18.2 Å². The van der Waals surface area contributed by atoms with E-state index in [1.807, 2.05) is 0 Å². The fourth-order valence-electron chi connectivity index (χ4n) is 3.11. The summed E-state index contributed by atoms with van der Waals surface area (Å²) < 4.78 is 10.1. The van der Waals surface area contributed by atoms with E-state index in [4.69, 9.17) is 9.47 Å². The van der Waals surface area contributed by atoms with Crippen molar-refractivity contribution in [1.82, 2.24) is 5.32 Å². The van der Waals surface area contributed by atoms with Crippen molar-refractivity contribution in [3.8, 4) is 0 Å². The molecule has 1 atom stereocenters. The van der Waals surface area contributed by atoms with Crippen LogP contribution in [0, 0.1) is 16.0 Å². The van der Waals surface area contributed by atoms with Gasteiger partial charge >= 0.3 is 11.9 Å². The van der Waals surface area contributed by atoms with Crippen LogP contribution >= 0.6 is 0 Å². The number of carbonyl (C=O) groups is 2. The standard InChI is InChI=1S/C19H20N2O7/c1-10-14(19(24)28-9-11-6-7-11)15(16(17(22)20-10)18(23)27-2)12-4-3-5-13(8-12)21(25)26/h3-5,8,11,15,20,22H,6-7,9H2,1-2H3. The van der Waals surface area contributed by atoms with Gasteiger partial charge in [0, 0.05) is 17.8 Å². The number of carbonyl (C=O) groups excluding carboxylic acids is 2. The third-order valence-electron chi connectivity index (χ3n) is 4.73. The first-order chi connectivity index (χ1) is 13.3. The van der Waals surface area contributed by atoms with Crippen LogP contribution in [0.15, 0.2) is 47.0 Å². The molecule has 2 aliphatic rings. The average Bonchev–Trinajstić information content (AvgIpc) is 3.49. The lowest BCUT2D eigenvalue weighted by Crippen LogP contribution is -2.33. The molecule has 1 saturated carbocycles. The van der Waals surface area contributed by atoms with E-state index in [0.29, 0.717) is 17.2 Å². The highest BCUT2D eigenvalue weighted by Gasteiger charge is 2.40. The molecule has 9 heteroatoms. The second-order valence-electron chi connectivity index (χ2n) is 6.74. The molecule has 1 fully saturated rings. The quantitative estimate of drug-likeness (QED) is 0.432. The normalized spacial score (nSPS) is 19.1. The lowest BCUT2D eigenvalue weighted by atomic mass is 9.81. The number of ether oxygens (including phenoxy) is 2. The van der Waals surface area contributed by atoms with Crippen LogP contribution < -0.4 is 5.32 Å². The number of nitrogens with zero attached hydrogens (tertiary/aromatic N) is 1. The van der Waals surface area contributed by atoms with Gasteiger partial charge in [-0.1, -0.05) is 12.1 Å². The van der Waals surface area contributed by atoms with Crippen LogP contribution in [0.25, 0.3) is 0 Å². The van der Waals surface area contributed by atoms with Gasteiger partial charge in [-0.05, 0) is 31.2 Å². The molecule has 1 aromatic carbocycles. The predicted octanol–water partition coefficient (Wildman–Crippen LogP) is 2.45. The van der Waals surface area contributed by atoms with Crippen molar-refractivity contribution < 1.29 is 29.1 Å². The van der Waals surface area contributed by atoms with Crippen molar-refractivity contribution in [2.75, 3.05) is 13.7 Å². The van der Waals surface area contributed by atoms with E-state index in [9.17, 15) is 24.8 Å². The molecule has 0 bridgehead atoms. The van der Waals surface area contributed by atoms with Crippen molar-refractivity contribution >= 4 is 17.6 Å². The van der Waals surface area contributed by atoms with Crippen LogP contribution in [-0.2, 0) is 19.1 Å². The third-order valence-corrected chi connectivity index (χ3v) is 4.73. The van der Waals surface area contributed by atoms with E-state index in [0.717, 1.165) is 20.0 Å². The SMILES string of the molecule is COC(=O)C1=C(O)NC(C)=C(C(=O)OCC2CC2)C1c1cccc([N+](=O)[O-])c1. The van der Waals surface area contributed by atoms with Gasteiger partial charge in [-0.3, -0.25) is 10.1 Å². The van der Waals surface area contributed by atoms with E-state index in [2.05, 4.69) is 5.32 Å². The van der Waals surface area contributed by atoms with Crippen LogP contribution in [0.4, 0.5) is 5.69 Å². The topological polar surface area (TPSA) is 128 Å². The number of rotatable bonds is 6. The third kappa shape index (κ3) is 3.83. The van der Waals surface area contributed by atoms with Gasteiger partial charge in [-0.2, -0.15) is 0 Å². The zero-order valence-corrected chi connectivity index (χ0v) is 15.4. The van der Waals surface area contributed by atoms with Gasteiger partial charge in [-0.25, -0.2) is 9.59 Å². The fraction of sp³-hybridized carbons (Fsp3) is 0.368. The molecule has 2 N–H and O–H groups in total. The molecule has 148 valence electrons. The fourth-order valence-corrected chi connectivity index (χ4v) is 3.11. The van der Waals surface area contributed by atoms with E-state index in [-0.39, 0.29) is 23.4 Å². The molecule has 0 aromatic heterocycles. The molecule has 1 aromatic rings. The summed E-state index contributed by atoms with van der Waals surface area (Å²) in [6.07, 6.45) is 1.98. The highest BCUT2D eigenvalue weighted by Crippen LogP contribution is 2.40. The van der Waals surface area contributed by atoms with Crippen molar-refractivity contribution in [3.63, 3.8) is 0 Å². The minimum Gasteiger partial charge on any atom is -0.494 e. The number of allylic oxidation sites excluding steroid dienone is 1. The van der Waals surface area contributed by atoms with Crippen molar-refractivity contribution in [1.29, 1.82) is 0 Å². The second-order valence-corrected chi connectivity index (χ2v) is 6.74. The van der Waals surface area contributed by atoms with Crippen LogP contribution in [-0.4, -0.2) is 35.7 Å². The Hall–Kier alpha value is -3.36. The molecule has 1 heterocycles. The molecule has 1 unspecified atom stereocenters. The molecular weight excluding hydrogens is 368 g/mol. The molecule has 1 aliphatic heterocycles. The van der Waals surface area contributed by atoms with Gasteiger partial charge in [0.25, 0.3) is 5.69 Å². The summed E-state index contributed by atoms with van der Waals surface area (Å²) in [4.78, 5) is 35.7. The highest BCUT2D eigenvalue weighted by molar-refractivity contribution is 5.99. The van der Waals surface area contributed by atoms with Crippen LogP contribution in [0.2, 0.25) is 0 Å². The maximum absolute atomic E-state index is 12.8. The van der Waals surface area contributed by atoms with Gasteiger partial charge in [0.05, 0.1) is 30.1 Å². The molecule has 0 amide bonds. The Labute approximate surface area is 160 Å². The van der Waals surface area contributed by atoms with Crippen LogP contribution in [0.1, 0.15) is 31.2 Å². The first kappa shape index (κ1) is 19.4. The maximum Gasteiger partial charge on any atom is 0.340 e. The highest BCUT2D eigenvalue weighted by atomic mass is 16.6. The molecule has 3 rings (SSSR count). The molecule has 1 aliphatic carbocycles. The van der Waals surface area contributed by atoms with Crippen molar-refractivity contribution in [2.24, 2.45) is 5.92 Å². The Kier molecular flexibility index (Phi) is 5.34. The number of nitrogens with one attached hydrogen (secondary N) is 1. The number of dihydropyridines is 1. The summed E-state index contributed by atoms with van der Waals surface area (Å²) in [5, 5.41) is 24.1. The minimum absolute atomic E-state index is 0.0966. The number of nitro benzene ring substituents is 1. The average molecular weight is 388 g/mol. The van der Waals surface area contributed by atoms with Crippen LogP contribution in [0.3, 0.4) is 0 Å². The Morgan fingerprint density at radius 3 is 2.61 bits per heavy atom. The lowest BCUT2D eigenvalue weighted by Gasteiger charge is -2.28. The number of nitro groups is 1. The first-order valence-corrected chi connectivity index (χ1v) is 8.74. The lowest BCUT2D eigenvalue weighted by molar-refractivity contribution is -0.384. The van der Waals surface area contributed by atoms with Gasteiger partial charge in [0.1, 0.15) is 5.57 Å². The Morgan fingerprint density at radius 1 is 1.29 bits per heavy atom. The van der Waals surface area contributed by atoms with E-state index < -0.39 is 28.7 Å². The number of esters is 2. The van der Waals surface area contributed by atoms with Crippen molar-refractivity contribution in [2.45, 2.75) is 25.7 Å². The number of hydrogen-bond donors (Lipinski definition) is 2. The Morgan fingerprint density at radius 2 is 2.00 bits per heavy atom. The minimum atomic E-state index is -1.07. The monoisotopic (exact) mass is 388 g/mol. The Bertz CT molecular complexity index is 899. The summed E-state index contributed by atoms with van der Waals surface area (Å²) in [5.74, 6) is -2.72. The summed E-state index contributed by atoms with van der Waals surface area (Å²) in [5.41, 5.74) is 0.261. The number of hydrogen-bond acceptors (Lipinski definition) is 8. The molecule has 0 saturated heterocycles. The summed E-state index contributed by atoms with van der Waals surface area (Å²) in [7, 11) is 1.14. The van der Waals surface area contributed by atoms with E-state index >= 15 is 0 Å². The predicted molar refractivity (Wildman–Crippen MR) is 97.0 cm³/mol. The van der Waals surface area contributed by atoms with Crippen molar-refractivity contribution in [3.05, 3.63) is 62.7 Å². The smallest absolute Gasteiger partial charge is 0.340 e. The maximum atomic E-state index is 12.8.